The molecule has 13 heteroatoms. The molecule has 0 bridgehead atoms. The van der Waals surface area contributed by atoms with E-state index in [4.69, 9.17) is 20.7 Å². The van der Waals surface area contributed by atoms with Crippen LogP contribution in [0.3, 0.4) is 0 Å². The normalized spacial score (nSPS) is 27.9. The molecule has 0 aromatic carbocycles. The summed E-state index contributed by atoms with van der Waals surface area (Å²) in [7, 11) is 0. The molecule has 0 radical (unpaired) electrons. The zero-order valence-corrected chi connectivity index (χ0v) is 14.0. The summed E-state index contributed by atoms with van der Waals surface area (Å²) >= 11 is 0. The molecule has 0 saturated carbocycles. The van der Waals surface area contributed by atoms with Crippen LogP contribution in [0, 0.1) is 0 Å². The topological polar surface area (TPSA) is 177 Å². The number of alkyl halides is 2. The lowest BCUT2D eigenvalue weighted by Gasteiger charge is -2.28. The minimum Gasteiger partial charge on any atom is -0.480 e. The van der Waals surface area contributed by atoms with E-state index in [9.17, 15) is 28.3 Å². The van der Waals surface area contributed by atoms with Crippen molar-refractivity contribution in [3.8, 4) is 0 Å². The average molecular weight is 392 g/mol. The van der Waals surface area contributed by atoms with E-state index < -0.39 is 60.5 Å². The third-order valence-electron chi connectivity index (χ3n) is 4.14. The lowest BCUT2D eigenvalue weighted by atomic mass is 9.94. The van der Waals surface area contributed by atoms with Crippen LogP contribution in [-0.2, 0) is 14.3 Å². The van der Waals surface area contributed by atoms with Crippen LogP contribution in [-0.4, -0.2) is 67.0 Å². The number of aromatic nitrogens is 2. The van der Waals surface area contributed by atoms with Crippen LogP contribution in [0.1, 0.15) is 19.6 Å². The molecule has 2 rings (SSSR count). The van der Waals surface area contributed by atoms with Gasteiger partial charge in [-0.15, -0.1) is 0 Å². The number of nitrogens with zero attached hydrogens (tertiary/aromatic N) is 2. The number of hydrogen-bond donors (Lipinski definition) is 5. The second-order valence-electron chi connectivity index (χ2n) is 6.13. The highest BCUT2D eigenvalue weighted by atomic mass is 19.3. The first-order chi connectivity index (χ1) is 12.4. The Labute approximate surface area is 150 Å². The van der Waals surface area contributed by atoms with E-state index in [2.05, 4.69) is 10.3 Å². The fraction of sp³-hybridized carbons (Fsp3) is 0.571. The van der Waals surface area contributed by atoms with Crippen molar-refractivity contribution in [2.75, 3.05) is 11.9 Å². The van der Waals surface area contributed by atoms with Gasteiger partial charge in [0.1, 0.15) is 18.0 Å². The predicted molar refractivity (Wildman–Crippen MR) is 83.9 cm³/mol. The molecule has 1 aliphatic rings. The zero-order chi connectivity index (χ0) is 20.6. The number of carbonyl (C=O) groups excluding carboxylic acids is 1. The number of aliphatic carboxylic acids is 1. The van der Waals surface area contributed by atoms with Gasteiger partial charge in [-0.3, -0.25) is 14.2 Å². The number of aliphatic hydroxyl groups is 2. The van der Waals surface area contributed by atoms with Crippen LogP contribution in [0.5, 0.6) is 0 Å². The summed E-state index contributed by atoms with van der Waals surface area (Å²) in [5, 5.41) is 29.8. The number of nitrogens with two attached hydrogens (primary N) is 1. The van der Waals surface area contributed by atoms with Crippen molar-refractivity contribution < 1.29 is 38.4 Å². The van der Waals surface area contributed by atoms with E-state index in [0.717, 1.165) is 19.2 Å². The maximum Gasteiger partial charge on any atom is 0.351 e. The van der Waals surface area contributed by atoms with Gasteiger partial charge in [-0.1, -0.05) is 0 Å². The Kier molecular flexibility index (Phi) is 5.60. The van der Waals surface area contributed by atoms with Crippen molar-refractivity contribution in [1.82, 2.24) is 9.55 Å². The highest BCUT2D eigenvalue weighted by molar-refractivity contribution is 5.93. The van der Waals surface area contributed by atoms with Crippen LogP contribution >= 0.6 is 0 Å². The smallest absolute Gasteiger partial charge is 0.351 e. The number of rotatable bonds is 6. The first kappa shape index (κ1) is 20.8. The van der Waals surface area contributed by atoms with E-state index in [1.807, 2.05) is 0 Å². The summed E-state index contributed by atoms with van der Waals surface area (Å²) in [5.74, 6) is -6.49. The molecule has 1 saturated heterocycles. The Balaban J connectivity index is 2.21. The SMILES string of the molecule is C[C@@]1(O)[C@@H](CO)O[C@@H](n2ccc(NC(=O)CC(N)C(=O)O)nc2=O)C1(F)F. The van der Waals surface area contributed by atoms with Crippen molar-refractivity contribution in [3.05, 3.63) is 22.7 Å². The highest BCUT2D eigenvalue weighted by Gasteiger charge is 2.67. The first-order valence-corrected chi connectivity index (χ1v) is 7.65. The maximum absolute atomic E-state index is 14.4. The summed E-state index contributed by atoms with van der Waals surface area (Å²) < 4.78 is 34.1. The Hall–Kier alpha value is -2.48. The van der Waals surface area contributed by atoms with Crippen LogP contribution < -0.4 is 16.7 Å². The molecule has 1 amide bonds. The predicted octanol–water partition coefficient (Wildman–Crippen LogP) is -1.74. The van der Waals surface area contributed by atoms with Gasteiger partial charge in [-0.25, -0.2) is 4.79 Å². The monoisotopic (exact) mass is 392 g/mol. The summed E-state index contributed by atoms with van der Waals surface area (Å²) in [6.07, 6.45) is -3.60. The molecule has 150 valence electrons. The van der Waals surface area contributed by atoms with Crippen molar-refractivity contribution in [2.24, 2.45) is 5.73 Å². The summed E-state index contributed by atoms with van der Waals surface area (Å²) in [6.45, 7) is -0.133. The third kappa shape index (κ3) is 3.80. The number of amides is 1. The molecule has 1 unspecified atom stereocenters. The maximum atomic E-state index is 14.4. The van der Waals surface area contributed by atoms with Crippen LogP contribution in [0.25, 0.3) is 0 Å². The lowest BCUT2D eigenvalue weighted by molar-refractivity contribution is -0.178. The number of halogens is 2. The van der Waals surface area contributed by atoms with Gasteiger partial charge in [-0.2, -0.15) is 13.8 Å². The fourth-order valence-corrected chi connectivity index (χ4v) is 2.44. The molecule has 0 spiro atoms. The van der Waals surface area contributed by atoms with E-state index in [-0.39, 0.29) is 5.82 Å². The van der Waals surface area contributed by atoms with Gasteiger partial charge < -0.3 is 31.1 Å². The zero-order valence-electron chi connectivity index (χ0n) is 14.0. The molecule has 4 atom stereocenters. The molecular formula is C14H18F2N4O7. The fourth-order valence-electron chi connectivity index (χ4n) is 2.44. The molecule has 11 nitrogen and oxygen atoms in total. The van der Waals surface area contributed by atoms with E-state index in [0.29, 0.717) is 4.57 Å². The van der Waals surface area contributed by atoms with Crippen molar-refractivity contribution >= 4 is 17.7 Å². The van der Waals surface area contributed by atoms with Crippen LogP contribution in [0.2, 0.25) is 0 Å². The number of carboxylic acids is 1. The number of aliphatic hydroxyl groups excluding tert-OH is 1. The largest absolute Gasteiger partial charge is 0.480 e. The molecule has 1 fully saturated rings. The van der Waals surface area contributed by atoms with Gasteiger partial charge in [-0.05, 0) is 13.0 Å². The van der Waals surface area contributed by atoms with Gasteiger partial charge in [0.2, 0.25) is 12.1 Å². The molecule has 0 aliphatic carbocycles. The van der Waals surface area contributed by atoms with Crippen molar-refractivity contribution in [3.63, 3.8) is 0 Å². The lowest BCUT2D eigenvalue weighted by Crippen LogP contribution is -2.51. The second kappa shape index (κ2) is 7.26. The highest BCUT2D eigenvalue weighted by Crippen LogP contribution is 2.48. The number of nitrogens with one attached hydrogen (secondary N) is 1. The summed E-state index contributed by atoms with van der Waals surface area (Å²) in [6, 6.07) is -0.458. The molecule has 6 N–H and O–H groups in total. The minimum atomic E-state index is -3.93. The van der Waals surface area contributed by atoms with Gasteiger partial charge in [0.15, 0.2) is 5.60 Å². The molecule has 2 heterocycles. The molecule has 1 aromatic rings. The molecule has 1 aromatic heterocycles. The average Bonchev–Trinajstić information content (AvgIpc) is 2.73. The first-order valence-electron chi connectivity index (χ1n) is 7.65. The Morgan fingerprint density at radius 1 is 1.52 bits per heavy atom. The van der Waals surface area contributed by atoms with E-state index in [1.165, 1.54) is 0 Å². The summed E-state index contributed by atoms with van der Waals surface area (Å²) in [5.41, 5.74) is 1.24. The third-order valence-corrected chi connectivity index (χ3v) is 4.14. The number of ether oxygens (including phenoxy) is 1. The molecule has 27 heavy (non-hydrogen) atoms. The van der Waals surface area contributed by atoms with Gasteiger partial charge in [0.25, 0.3) is 0 Å². The standard InChI is InChI=1S/C14H18F2N4O7/c1-13(26)7(5-21)27-11(14(13,15)16)20-3-2-8(19-12(20)25)18-9(22)4-6(17)10(23)24/h2-3,6-7,11,21,26H,4-5,17H2,1H3,(H,23,24)(H,18,19,22,25)/t6?,7-,11-,13-/m1/s1. The van der Waals surface area contributed by atoms with E-state index >= 15 is 0 Å². The van der Waals surface area contributed by atoms with Crippen LogP contribution in [0.4, 0.5) is 14.6 Å². The number of anilines is 1. The molecular weight excluding hydrogens is 374 g/mol. The van der Waals surface area contributed by atoms with Crippen molar-refractivity contribution in [1.29, 1.82) is 0 Å². The Bertz CT molecular complexity index is 798. The van der Waals surface area contributed by atoms with E-state index in [1.54, 1.807) is 0 Å². The molecule has 1 aliphatic heterocycles. The van der Waals surface area contributed by atoms with Gasteiger partial charge >= 0.3 is 17.6 Å². The quantitative estimate of drug-likeness (QED) is 0.376. The number of hydrogen-bond acceptors (Lipinski definition) is 8. The van der Waals surface area contributed by atoms with Gasteiger partial charge in [0, 0.05) is 6.20 Å². The Morgan fingerprint density at radius 2 is 2.15 bits per heavy atom. The number of carboxylic acid groups (broad SMARTS) is 1. The summed E-state index contributed by atoms with van der Waals surface area (Å²) in [4.78, 5) is 37.7. The second-order valence-corrected chi connectivity index (χ2v) is 6.13. The van der Waals surface area contributed by atoms with Gasteiger partial charge in [0.05, 0.1) is 13.0 Å². The number of carbonyl (C=O) groups is 2. The van der Waals surface area contributed by atoms with Crippen molar-refractivity contribution in [2.45, 2.75) is 43.2 Å². The van der Waals surface area contributed by atoms with Crippen LogP contribution in [0.15, 0.2) is 17.1 Å². The minimum absolute atomic E-state index is 0.314. The Morgan fingerprint density at radius 3 is 2.63 bits per heavy atom.